The molecule has 0 bridgehead atoms. The van der Waals surface area contributed by atoms with Crippen molar-refractivity contribution in [3.05, 3.63) is 65.5 Å². The van der Waals surface area contributed by atoms with Crippen molar-refractivity contribution < 1.29 is 31.9 Å². The number of halogens is 4. The van der Waals surface area contributed by atoms with Crippen LogP contribution in [0.4, 0.5) is 17.6 Å². The lowest BCUT2D eigenvalue weighted by Crippen LogP contribution is -2.51. The molecule has 31 heavy (non-hydrogen) atoms. The predicted molar refractivity (Wildman–Crippen MR) is 104 cm³/mol. The van der Waals surface area contributed by atoms with Crippen LogP contribution in [0, 0.1) is 5.82 Å². The minimum atomic E-state index is -4.82. The van der Waals surface area contributed by atoms with Gasteiger partial charge in [-0.1, -0.05) is 30.3 Å². The topological polar surface area (TPSA) is 61.9 Å². The number of alkyl halides is 3. The van der Waals surface area contributed by atoms with Gasteiger partial charge in [0.25, 0.3) is 5.91 Å². The molecule has 1 aliphatic rings. The molecule has 0 aliphatic carbocycles. The molecule has 3 rings (SSSR count). The molecule has 1 aliphatic heterocycles. The Morgan fingerprint density at radius 3 is 2.29 bits per heavy atom. The van der Waals surface area contributed by atoms with Gasteiger partial charge in [-0.25, -0.2) is 4.39 Å². The summed E-state index contributed by atoms with van der Waals surface area (Å²) in [6.45, 7) is 1.43. The van der Waals surface area contributed by atoms with Crippen molar-refractivity contribution in [1.29, 1.82) is 0 Å². The Morgan fingerprint density at radius 1 is 0.968 bits per heavy atom. The van der Waals surface area contributed by atoms with E-state index in [4.69, 9.17) is 0 Å². The second-order valence-corrected chi connectivity index (χ2v) is 6.98. The number of ether oxygens (including phenoxy) is 1. The van der Waals surface area contributed by atoms with Crippen LogP contribution in [0.1, 0.15) is 15.9 Å². The fraction of sp³-hybridized carbons (Fsp3) is 0.333. The number of nitrogens with zero attached hydrogens (tertiary/aromatic N) is 2. The summed E-state index contributed by atoms with van der Waals surface area (Å²) in [6.07, 6.45) is -4.82. The Morgan fingerprint density at radius 2 is 1.61 bits per heavy atom. The van der Waals surface area contributed by atoms with E-state index in [-0.39, 0.29) is 35.9 Å². The van der Waals surface area contributed by atoms with E-state index in [0.717, 1.165) is 0 Å². The Bertz CT molecular complexity index is 928. The summed E-state index contributed by atoms with van der Waals surface area (Å²) in [4.78, 5) is 28.0. The number of amides is 2. The van der Waals surface area contributed by atoms with Crippen molar-refractivity contribution in [2.24, 2.45) is 0 Å². The number of piperazine rings is 1. The van der Waals surface area contributed by atoms with Gasteiger partial charge in [0, 0.05) is 38.3 Å². The second kappa shape index (κ2) is 9.78. The van der Waals surface area contributed by atoms with Gasteiger partial charge in [0.2, 0.25) is 5.91 Å². The van der Waals surface area contributed by atoms with Crippen molar-refractivity contribution in [2.45, 2.75) is 12.9 Å². The number of carbonyl (C=O) groups is 2. The highest BCUT2D eigenvalue weighted by molar-refractivity contribution is 5.94. The van der Waals surface area contributed by atoms with Gasteiger partial charge in [0.1, 0.15) is 11.6 Å². The van der Waals surface area contributed by atoms with Crippen molar-refractivity contribution in [2.75, 3.05) is 32.7 Å². The van der Waals surface area contributed by atoms with Crippen LogP contribution >= 0.6 is 0 Å². The summed E-state index contributed by atoms with van der Waals surface area (Å²) in [5.74, 6) is -1.71. The summed E-state index contributed by atoms with van der Waals surface area (Å²) in [6, 6.07) is 11.3. The number of hydrogen-bond donors (Lipinski definition) is 1. The zero-order valence-corrected chi connectivity index (χ0v) is 16.5. The lowest BCUT2D eigenvalue weighted by Gasteiger charge is -2.34. The van der Waals surface area contributed by atoms with Crippen LogP contribution in [0.2, 0.25) is 0 Å². The average Bonchev–Trinajstić information content (AvgIpc) is 2.72. The monoisotopic (exact) mass is 439 g/mol. The van der Waals surface area contributed by atoms with Gasteiger partial charge < -0.3 is 15.0 Å². The molecule has 2 aromatic rings. The van der Waals surface area contributed by atoms with E-state index >= 15 is 0 Å². The standard InChI is InChI=1S/C21H21F4N3O3/c22-17-7-3-2-6-16(17)20(30)28-11-9-27(10-12-28)14-19(29)26-13-15-5-1-4-8-18(15)31-21(23,24)25/h1-8H,9-14H2,(H,26,29). The van der Waals surface area contributed by atoms with Crippen LogP contribution in [0.25, 0.3) is 0 Å². The van der Waals surface area contributed by atoms with Gasteiger partial charge in [-0.05, 0) is 18.2 Å². The highest BCUT2D eigenvalue weighted by Gasteiger charge is 2.32. The molecule has 2 aromatic carbocycles. The summed E-state index contributed by atoms with van der Waals surface area (Å²) >= 11 is 0. The first-order valence-electron chi connectivity index (χ1n) is 9.59. The molecule has 1 saturated heterocycles. The maximum Gasteiger partial charge on any atom is 0.573 e. The van der Waals surface area contributed by atoms with E-state index in [0.29, 0.717) is 26.2 Å². The molecule has 1 heterocycles. The quantitative estimate of drug-likeness (QED) is 0.704. The van der Waals surface area contributed by atoms with E-state index < -0.39 is 18.1 Å². The first-order chi connectivity index (χ1) is 14.7. The Hall–Kier alpha value is -3.14. The predicted octanol–water partition coefficient (Wildman–Crippen LogP) is 2.80. The molecule has 0 atom stereocenters. The Balaban J connectivity index is 1.47. The molecule has 0 aromatic heterocycles. The highest BCUT2D eigenvalue weighted by atomic mass is 19.4. The minimum absolute atomic E-state index is 0.00781. The van der Waals surface area contributed by atoms with Gasteiger partial charge in [-0.3, -0.25) is 14.5 Å². The zero-order valence-electron chi connectivity index (χ0n) is 16.5. The van der Waals surface area contributed by atoms with Crippen LogP contribution in [0.3, 0.4) is 0 Å². The molecule has 2 amide bonds. The molecule has 0 spiro atoms. The van der Waals surface area contributed by atoms with E-state index in [2.05, 4.69) is 10.1 Å². The van der Waals surface area contributed by atoms with Gasteiger partial charge in [0.05, 0.1) is 12.1 Å². The third kappa shape index (κ3) is 6.42. The van der Waals surface area contributed by atoms with Crippen molar-refractivity contribution in [1.82, 2.24) is 15.1 Å². The fourth-order valence-electron chi connectivity index (χ4n) is 3.24. The first-order valence-corrected chi connectivity index (χ1v) is 9.59. The summed E-state index contributed by atoms with van der Waals surface area (Å²) in [5.41, 5.74) is 0.210. The smallest absolute Gasteiger partial charge is 0.405 e. The molecule has 1 fully saturated rings. The second-order valence-electron chi connectivity index (χ2n) is 6.98. The first kappa shape index (κ1) is 22.5. The third-order valence-electron chi connectivity index (χ3n) is 4.81. The van der Waals surface area contributed by atoms with Crippen LogP contribution in [0.5, 0.6) is 5.75 Å². The van der Waals surface area contributed by atoms with Gasteiger partial charge >= 0.3 is 6.36 Å². The minimum Gasteiger partial charge on any atom is -0.405 e. The third-order valence-corrected chi connectivity index (χ3v) is 4.81. The Kier molecular flexibility index (Phi) is 7.11. The molecular weight excluding hydrogens is 418 g/mol. The van der Waals surface area contributed by atoms with Crippen molar-refractivity contribution in [3.8, 4) is 5.75 Å². The average molecular weight is 439 g/mol. The van der Waals surface area contributed by atoms with Crippen LogP contribution in [0.15, 0.2) is 48.5 Å². The van der Waals surface area contributed by atoms with E-state index in [1.807, 2.05) is 4.90 Å². The summed E-state index contributed by atoms with van der Waals surface area (Å²) in [7, 11) is 0. The van der Waals surface area contributed by atoms with Crippen molar-refractivity contribution >= 4 is 11.8 Å². The zero-order chi connectivity index (χ0) is 22.4. The summed E-state index contributed by atoms with van der Waals surface area (Å²) in [5, 5.41) is 2.58. The number of hydrogen-bond acceptors (Lipinski definition) is 4. The molecule has 10 heteroatoms. The largest absolute Gasteiger partial charge is 0.573 e. The van der Waals surface area contributed by atoms with E-state index in [9.17, 15) is 27.2 Å². The lowest BCUT2D eigenvalue weighted by atomic mass is 10.1. The normalized spacial score (nSPS) is 14.9. The van der Waals surface area contributed by atoms with E-state index in [1.54, 1.807) is 12.1 Å². The van der Waals surface area contributed by atoms with E-state index in [1.165, 1.54) is 41.3 Å². The SMILES string of the molecule is O=C(CN1CCN(C(=O)c2ccccc2F)CC1)NCc1ccccc1OC(F)(F)F. The maximum atomic E-state index is 13.8. The van der Waals surface area contributed by atoms with Crippen LogP contribution < -0.4 is 10.1 Å². The lowest BCUT2D eigenvalue weighted by molar-refractivity contribution is -0.274. The maximum absolute atomic E-state index is 13.8. The molecule has 0 radical (unpaired) electrons. The Labute approximate surface area is 176 Å². The molecule has 1 N–H and O–H groups in total. The van der Waals surface area contributed by atoms with Gasteiger partial charge in [0.15, 0.2) is 0 Å². The van der Waals surface area contributed by atoms with Crippen LogP contribution in [-0.2, 0) is 11.3 Å². The number of carbonyl (C=O) groups excluding carboxylic acids is 2. The number of para-hydroxylation sites is 1. The number of rotatable bonds is 6. The molecule has 0 saturated carbocycles. The van der Waals surface area contributed by atoms with Crippen LogP contribution in [-0.4, -0.2) is 60.7 Å². The molecule has 6 nitrogen and oxygen atoms in total. The van der Waals surface area contributed by atoms with Gasteiger partial charge in [-0.2, -0.15) is 0 Å². The highest BCUT2D eigenvalue weighted by Crippen LogP contribution is 2.26. The molecular formula is C21H21F4N3O3. The number of nitrogens with one attached hydrogen (secondary N) is 1. The fourth-order valence-corrected chi connectivity index (χ4v) is 3.24. The van der Waals surface area contributed by atoms with Gasteiger partial charge in [-0.15, -0.1) is 13.2 Å². The number of benzene rings is 2. The summed E-state index contributed by atoms with van der Waals surface area (Å²) < 4.78 is 55.2. The molecule has 0 unspecified atom stereocenters. The van der Waals surface area contributed by atoms with Crippen molar-refractivity contribution in [3.63, 3.8) is 0 Å². The molecule has 166 valence electrons.